The molecule has 3 aromatic rings. The molecule has 73 heavy (non-hydrogen) atoms. The van der Waals surface area contributed by atoms with Gasteiger partial charge in [-0.3, -0.25) is 24.3 Å². The number of amides is 1. The first-order chi connectivity index (χ1) is 34.7. The number of alkyl carbamates (subject to hydrolysis) is 1. The Kier molecular flexibility index (Phi) is 21.8. The van der Waals surface area contributed by atoms with Crippen LogP contribution in [0.4, 0.5) is 4.79 Å². The molecule has 2 aliphatic rings. The number of benzene rings is 1. The van der Waals surface area contributed by atoms with Crippen LogP contribution in [0, 0.1) is 11.3 Å². The SMILES string of the molecule is C=C1CCC=C(c2cnc([C@H](C)OC)c(-c3c(CC(C)(C)COC(C)=O)c4cc(C5=CCCN(C[C@H](NC(=O)OC(C)(C)C)C(=O)/C=C\CCC[C@H](NC)C(=O)OC)C5)ccc4n3CC)c2)C[C@H]1CCCCC. The minimum Gasteiger partial charge on any atom is -0.468 e. The zero-order valence-electron chi connectivity index (χ0n) is 46.3. The van der Waals surface area contributed by atoms with Crippen LogP contribution in [-0.4, -0.2) is 103 Å². The van der Waals surface area contributed by atoms with Gasteiger partial charge < -0.3 is 34.1 Å². The molecule has 0 bridgehead atoms. The van der Waals surface area contributed by atoms with Crippen molar-refractivity contribution in [2.45, 2.75) is 170 Å². The monoisotopic (exact) mass is 1010 g/mol. The van der Waals surface area contributed by atoms with E-state index >= 15 is 0 Å². The molecule has 3 heterocycles. The summed E-state index contributed by atoms with van der Waals surface area (Å²) < 4.78 is 24.7. The second-order valence-electron chi connectivity index (χ2n) is 21.8. The van der Waals surface area contributed by atoms with Gasteiger partial charge in [-0.1, -0.05) is 76.5 Å². The van der Waals surface area contributed by atoms with Crippen molar-refractivity contribution < 1.29 is 38.1 Å². The number of unbranched alkanes of at least 4 members (excludes halogenated alkanes) is 3. The number of methoxy groups -OCH3 is 2. The smallest absolute Gasteiger partial charge is 0.408 e. The van der Waals surface area contributed by atoms with Crippen molar-refractivity contribution in [3.05, 3.63) is 89.3 Å². The molecule has 5 rings (SSSR count). The fraction of sp³-hybridized carbons (Fsp3) is 0.583. The Morgan fingerprint density at radius 3 is 2.40 bits per heavy atom. The van der Waals surface area contributed by atoms with E-state index in [9.17, 15) is 19.2 Å². The summed E-state index contributed by atoms with van der Waals surface area (Å²) in [7, 11) is 4.82. The maximum atomic E-state index is 13.9. The van der Waals surface area contributed by atoms with E-state index in [-0.39, 0.29) is 37.0 Å². The topological polar surface area (TPSA) is 150 Å². The van der Waals surface area contributed by atoms with Crippen LogP contribution in [0.5, 0.6) is 0 Å². The molecule has 2 N–H and O–H groups in total. The van der Waals surface area contributed by atoms with E-state index in [1.54, 1.807) is 41.0 Å². The number of allylic oxidation sites excluding steroid dienone is 4. The highest BCUT2D eigenvalue weighted by molar-refractivity contribution is 5.97. The molecule has 0 radical (unpaired) electrons. The second-order valence-corrected chi connectivity index (χ2v) is 21.8. The van der Waals surface area contributed by atoms with Crippen LogP contribution in [0.3, 0.4) is 0 Å². The highest BCUT2D eigenvalue weighted by atomic mass is 16.6. The molecule has 400 valence electrons. The lowest BCUT2D eigenvalue weighted by molar-refractivity contribution is -0.144. The summed E-state index contributed by atoms with van der Waals surface area (Å²) in [6.45, 7) is 24.7. The number of hydrogen-bond acceptors (Lipinski definition) is 11. The van der Waals surface area contributed by atoms with E-state index in [1.165, 1.54) is 50.5 Å². The Morgan fingerprint density at radius 1 is 0.973 bits per heavy atom. The zero-order chi connectivity index (χ0) is 53.5. The lowest BCUT2D eigenvalue weighted by Gasteiger charge is -2.31. The number of ketones is 1. The maximum Gasteiger partial charge on any atom is 0.408 e. The van der Waals surface area contributed by atoms with Crippen molar-refractivity contribution in [3.63, 3.8) is 0 Å². The number of hydrogen-bond donors (Lipinski definition) is 2. The largest absolute Gasteiger partial charge is 0.468 e. The molecule has 1 amide bonds. The average Bonchev–Trinajstić information content (AvgIpc) is 3.52. The van der Waals surface area contributed by atoms with Crippen LogP contribution in [0.1, 0.15) is 161 Å². The predicted molar refractivity (Wildman–Crippen MR) is 294 cm³/mol. The summed E-state index contributed by atoms with van der Waals surface area (Å²) in [5.41, 5.74) is 10.0. The number of aryl methyl sites for hydroxylation is 1. The molecule has 1 aliphatic heterocycles. The zero-order valence-corrected chi connectivity index (χ0v) is 46.3. The highest BCUT2D eigenvalue weighted by Crippen LogP contribution is 2.44. The number of aromatic nitrogens is 2. The third-order valence-electron chi connectivity index (χ3n) is 14.2. The van der Waals surface area contributed by atoms with Crippen molar-refractivity contribution in [1.29, 1.82) is 0 Å². The first-order valence-corrected chi connectivity index (χ1v) is 26.8. The Hall–Kier alpha value is -5.37. The number of carbonyl (C=O) groups excluding carboxylic acids is 4. The molecule has 13 heteroatoms. The molecular formula is C60H87N5O8. The number of pyridine rings is 1. The Labute approximate surface area is 436 Å². The molecular weight excluding hydrogens is 919 g/mol. The average molecular weight is 1010 g/mol. The van der Waals surface area contributed by atoms with Crippen LogP contribution in [0.2, 0.25) is 0 Å². The van der Waals surface area contributed by atoms with E-state index in [0.717, 1.165) is 82.2 Å². The Balaban J connectivity index is 1.55. The van der Waals surface area contributed by atoms with Gasteiger partial charge in [-0.2, -0.15) is 0 Å². The normalized spacial score (nSPS) is 17.2. The van der Waals surface area contributed by atoms with Gasteiger partial charge in [0.15, 0.2) is 5.78 Å². The van der Waals surface area contributed by atoms with E-state index < -0.39 is 29.2 Å². The quantitative estimate of drug-likeness (QED) is 0.0274. The van der Waals surface area contributed by atoms with Crippen LogP contribution >= 0.6 is 0 Å². The minimum atomic E-state index is -0.854. The van der Waals surface area contributed by atoms with E-state index in [2.05, 4.69) is 97.7 Å². The van der Waals surface area contributed by atoms with Gasteiger partial charge in [0, 0.05) is 68.3 Å². The fourth-order valence-corrected chi connectivity index (χ4v) is 10.2. The number of nitrogens with one attached hydrogen (secondary N) is 2. The number of rotatable bonds is 25. The van der Waals surface area contributed by atoms with Gasteiger partial charge in [0.1, 0.15) is 17.7 Å². The lowest BCUT2D eigenvalue weighted by atomic mass is 9.83. The molecule has 1 aliphatic carbocycles. The molecule has 0 spiro atoms. The molecule has 0 saturated heterocycles. The maximum absolute atomic E-state index is 13.9. The van der Waals surface area contributed by atoms with Gasteiger partial charge in [0.2, 0.25) is 0 Å². The molecule has 0 unspecified atom stereocenters. The van der Waals surface area contributed by atoms with Gasteiger partial charge in [-0.15, -0.1) is 0 Å². The predicted octanol–water partition coefficient (Wildman–Crippen LogP) is 11.9. The summed E-state index contributed by atoms with van der Waals surface area (Å²) in [6, 6.07) is 7.79. The fourth-order valence-electron chi connectivity index (χ4n) is 10.2. The van der Waals surface area contributed by atoms with Crippen molar-refractivity contribution >= 4 is 45.9 Å². The molecule has 13 nitrogen and oxygen atoms in total. The van der Waals surface area contributed by atoms with Gasteiger partial charge in [0.05, 0.1) is 31.2 Å². The summed E-state index contributed by atoms with van der Waals surface area (Å²) in [6.07, 6.45) is 19.9. The number of esters is 2. The first-order valence-electron chi connectivity index (χ1n) is 26.8. The molecule has 4 atom stereocenters. The van der Waals surface area contributed by atoms with Gasteiger partial charge >= 0.3 is 18.0 Å². The number of ether oxygens (including phenoxy) is 4. The van der Waals surface area contributed by atoms with Crippen LogP contribution < -0.4 is 10.6 Å². The van der Waals surface area contributed by atoms with E-state index in [4.69, 9.17) is 23.9 Å². The van der Waals surface area contributed by atoms with Gasteiger partial charge in [-0.25, -0.2) is 4.79 Å². The van der Waals surface area contributed by atoms with E-state index in [0.29, 0.717) is 51.2 Å². The molecule has 0 fully saturated rings. The number of nitrogens with zero attached hydrogens (tertiary/aromatic N) is 3. The number of carbonyl (C=O) groups is 4. The van der Waals surface area contributed by atoms with Crippen LogP contribution in [-0.2, 0) is 46.3 Å². The molecule has 1 aromatic carbocycles. The molecule has 0 saturated carbocycles. The van der Waals surface area contributed by atoms with Crippen LogP contribution in [0.25, 0.3) is 33.3 Å². The van der Waals surface area contributed by atoms with Crippen molar-refractivity contribution in [3.8, 4) is 11.3 Å². The third-order valence-corrected chi connectivity index (χ3v) is 14.2. The van der Waals surface area contributed by atoms with Crippen LogP contribution in [0.15, 0.2) is 66.9 Å². The second kappa shape index (κ2) is 27.2. The summed E-state index contributed by atoms with van der Waals surface area (Å²) in [5, 5.41) is 6.97. The van der Waals surface area contributed by atoms with E-state index in [1.807, 2.05) is 6.20 Å². The Bertz CT molecular complexity index is 2490. The highest BCUT2D eigenvalue weighted by Gasteiger charge is 2.32. The standard InChI is InChI=1S/C60H87N5O8/c1-14-16-18-24-43-32-44(25-21-23-40(43)3)47-34-49(55(62-36-47)41(4)70-12)56-50(35-60(9,10)39-72-42(5)66)48-33-45(29-30-53(48)65(56)15-2)46-26-22-31-64(37-46)38-52(63-58(69)73-59(6,7)8)54(67)28-20-17-19-27-51(61-11)57(68)71-13/h20,25-26,28-30,33-34,36,41,43,51-52,61H,3,14-19,21-24,27,31-32,35,37-39H2,1-2,4-13H3,(H,63,69)/b28-20-/t41-,43+,51-,52-/m0/s1. The number of likely N-dealkylation sites (N-methyl/N-ethyl adjacent to an activating group) is 1. The van der Waals surface area contributed by atoms with Crippen molar-refractivity contribution in [1.82, 2.24) is 25.1 Å². The Morgan fingerprint density at radius 2 is 1.73 bits per heavy atom. The lowest BCUT2D eigenvalue weighted by Crippen LogP contribution is -2.50. The first kappa shape index (κ1) is 58.5. The molecule has 2 aromatic heterocycles. The summed E-state index contributed by atoms with van der Waals surface area (Å²) >= 11 is 0. The number of fused-ring (bicyclic) bond motifs is 1. The van der Waals surface area contributed by atoms with Crippen molar-refractivity contribution in [2.75, 3.05) is 47.5 Å². The summed E-state index contributed by atoms with van der Waals surface area (Å²) in [4.78, 5) is 58.8. The summed E-state index contributed by atoms with van der Waals surface area (Å²) in [5.74, 6) is -0.432. The van der Waals surface area contributed by atoms with Gasteiger partial charge in [-0.05, 0) is 157 Å². The van der Waals surface area contributed by atoms with Crippen molar-refractivity contribution in [2.24, 2.45) is 11.3 Å². The third kappa shape index (κ3) is 16.6. The van der Waals surface area contributed by atoms with Gasteiger partial charge in [0.25, 0.3) is 0 Å². The minimum absolute atomic E-state index is 0.232.